The molecule has 0 radical (unpaired) electrons. The van der Waals surface area contributed by atoms with E-state index < -0.39 is 4.92 Å². The summed E-state index contributed by atoms with van der Waals surface area (Å²) in [5.41, 5.74) is 0.809. The van der Waals surface area contributed by atoms with Gasteiger partial charge in [0.1, 0.15) is 0 Å². The van der Waals surface area contributed by atoms with Crippen LogP contribution < -0.4 is 0 Å². The van der Waals surface area contributed by atoms with E-state index in [-0.39, 0.29) is 12.3 Å². The van der Waals surface area contributed by atoms with Crippen LogP contribution in [0.4, 0.5) is 5.69 Å². The lowest BCUT2D eigenvalue weighted by molar-refractivity contribution is -0.384. The first-order chi connectivity index (χ1) is 9.10. The molecule has 0 aliphatic carbocycles. The molecule has 0 heterocycles. The van der Waals surface area contributed by atoms with Crippen molar-refractivity contribution in [3.05, 3.63) is 63.2 Å². The van der Waals surface area contributed by atoms with Gasteiger partial charge >= 0.3 is 0 Å². The highest BCUT2D eigenvalue weighted by molar-refractivity contribution is 7.99. The average molecular weight is 296 g/mol. The lowest BCUT2D eigenvalue weighted by Crippen LogP contribution is -1.87. The van der Waals surface area contributed by atoms with Gasteiger partial charge in [0.15, 0.2) is 0 Å². The number of benzene rings is 2. The Morgan fingerprint density at radius 2 is 1.89 bits per heavy atom. The zero-order valence-electron chi connectivity index (χ0n) is 9.75. The van der Waals surface area contributed by atoms with Gasteiger partial charge in [0.05, 0.1) is 16.6 Å². The van der Waals surface area contributed by atoms with Crippen LogP contribution in [-0.4, -0.2) is 10.0 Å². The van der Waals surface area contributed by atoms with E-state index >= 15 is 0 Å². The van der Waals surface area contributed by atoms with E-state index in [0.29, 0.717) is 5.02 Å². The van der Waals surface area contributed by atoms with E-state index in [1.54, 1.807) is 24.3 Å². The van der Waals surface area contributed by atoms with Crippen LogP contribution in [0.1, 0.15) is 5.56 Å². The Kier molecular flexibility index (Phi) is 4.42. The molecular weight excluding hydrogens is 286 g/mol. The summed E-state index contributed by atoms with van der Waals surface area (Å²) in [6.07, 6.45) is 0. The summed E-state index contributed by atoms with van der Waals surface area (Å²) in [5, 5.41) is 20.1. The maximum absolute atomic E-state index is 10.5. The predicted molar refractivity (Wildman–Crippen MR) is 74.6 cm³/mol. The third-order valence-corrected chi connectivity index (χ3v) is 3.96. The molecule has 0 fully saturated rings. The van der Waals surface area contributed by atoms with Crippen LogP contribution in [0.3, 0.4) is 0 Å². The van der Waals surface area contributed by atoms with Gasteiger partial charge in [-0.15, -0.1) is 0 Å². The number of aliphatic hydroxyl groups is 1. The number of hydrogen-bond donors (Lipinski definition) is 1. The van der Waals surface area contributed by atoms with E-state index in [4.69, 9.17) is 16.7 Å². The number of rotatable bonds is 4. The van der Waals surface area contributed by atoms with Crippen LogP contribution in [0.2, 0.25) is 5.02 Å². The molecule has 0 spiro atoms. The summed E-state index contributed by atoms with van der Waals surface area (Å²) in [7, 11) is 0. The molecule has 6 heteroatoms. The van der Waals surface area contributed by atoms with Crippen molar-refractivity contribution in [3.8, 4) is 0 Å². The Labute approximate surface area is 119 Å². The van der Waals surface area contributed by atoms with E-state index in [1.165, 1.54) is 23.9 Å². The Morgan fingerprint density at radius 3 is 2.42 bits per heavy atom. The van der Waals surface area contributed by atoms with Crippen molar-refractivity contribution in [2.75, 3.05) is 0 Å². The van der Waals surface area contributed by atoms with Crippen molar-refractivity contribution in [2.24, 2.45) is 0 Å². The van der Waals surface area contributed by atoms with Gasteiger partial charge in [-0.3, -0.25) is 10.1 Å². The summed E-state index contributed by atoms with van der Waals surface area (Å²) in [5.74, 6) is 0. The van der Waals surface area contributed by atoms with Crippen LogP contribution in [0.15, 0.2) is 52.3 Å². The van der Waals surface area contributed by atoms with Gasteiger partial charge in [0.2, 0.25) is 0 Å². The van der Waals surface area contributed by atoms with E-state index in [9.17, 15) is 10.1 Å². The molecule has 2 aromatic carbocycles. The molecule has 98 valence electrons. The van der Waals surface area contributed by atoms with Crippen molar-refractivity contribution in [1.82, 2.24) is 0 Å². The lowest BCUT2D eigenvalue weighted by Gasteiger charge is -2.05. The highest BCUT2D eigenvalue weighted by Crippen LogP contribution is 2.34. The Hall–Kier alpha value is -1.56. The minimum atomic E-state index is -0.433. The third-order valence-electron chi connectivity index (χ3n) is 2.45. The smallest absolute Gasteiger partial charge is 0.269 e. The number of nitro groups is 1. The van der Waals surface area contributed by atoms with Crippen LogP contribution in [0.5, 0.6) is 0 Å². The topological polar surface area (TPSA) is 63.4 Å². The number of halogens is 1. The minimum absolute atomic E-state index is 0.0534. The molecule has 0 bridgehead atoms. The van der Waals surface area contributed by atoms with Crippen LogP contribution in [0, 0.1) is 10.1 Å². The maximum atomic E-state index is 10.5. The molecule has 0 atom stereocenters. The number of nitro benzene ring substituents is 1. The highest BCUT2D eigenvalue weighted by Gasteiger charge is 2.07. The summed E-state index contributed by atoms with van der Waals surface area (Å²) < 4.78 is 0. The fourth-order valence-electron chi connectivity index (χ4n) is 1.49. The lowest BCUT2D eigenvalue weighted by atomic mass is 10.2. The van der Waals surface area contributed by atoms with Crippen molar-refractivity contribution in [3.63, 3.8) is 0 Å². The second-order valence-electron chi connectivity index (χ2n) is 3.78. The number of nitrogens with zero attached hydrogens (tertiary/aromatic N) is 1. The second-order valence-corrected chi connectivity index (χ2v) is 5.30. The second kappa shape index (κ2) is 6.06. The highest BCUT2D eigenvalue weighted by atomic mass is 35.5. The zero-order chi connectivity index (χ0) is 13.8. The molecular formula is C13H10ClNO3S. The predicted octanol–water partition coefficient (Wildman–Crippen LogP) is 3.89. The molecule has 0 amide bonds. The SMILES string of the molecule is O=[N+]([O-])c1ccc(Sc2ccc(CO)cc2Cl)cc1. The normalized spacial score (nSPS) is 10.4. The molecule has 2 aromatic rings. The maximum Gasteiger partial charge on any atom is 0.269 e. The first-order valence-corrected chi connectivity index (χ1v) is 6.61. The largest absolute Gasteiger partial charge is 0.392 e. The molecule has 0 saturated carbocycles. The Morgan fingerprint density at radius 1 is 1.21 bits per heavy atom. The molecule has 4 nitrogen and oxygen atoms in total. The van der Waals surface area contributed by atoms with Crippen molar-refractivity contribution < 1.29 is 10.0 Å². The van der Waals surface area contributed by atoms with Crippen molar-refractivity contribution in [1.29, 1.82) is 0 Å². The first-order valence-electron chi connectivity index (χ1n) is 5.42. The van der Waals surface area contributed by atoms with Gasteiger partial charge in [-0.25, -0.2) is 0 Å². The molecule has 0 saturated heterocycles. The van der Waals surface area contributed by atoms with Crippen LogP contribution >= 0.6 is 23.4 Å². The van der Waals surface area contributed by atoms with E-state index in [2.05, 4.69) is 0 Å². The fraction of sp³-hybridized carbons (Fsp3) is 0.0769. The molecule has 2 rings (SSSR count). The first kappa shape index (κ1) is 13.9. The Bertz CT molecular complexity index is 601. The van der Waals surface area contributed by atoms with Gasteiger partial charge in [0, 0.05) is 21.9 Å². The quantitative estimate of drug-likeness (QED) is 0.686. The van der Waals surface area contributed by atoms with Crippen molar-refractivity contribution in [2.45, 2.75) is 16.4 Å². The van der Waals surface area contributed by atoms with Gasteiger partial charge < -0.3 is 5.11 Å². The van der Waals surface area contributed by atoms with Gasteiger partial charge in [-0.2, -0.15) is 0 Å². The van der Waals surface area contributed by atoms with Gasteiger partial charge in [-0.1, -0.05) is 29.4 Å². The molecule has 19 heavy (non-hydrogen) atoms. The average Bonchev–Trinajstić information content (AvgIpc) is 2.41. The molecule has 1 N–H and O–H groups in total. The fourth-order valence-corrected chi connectivity index (χ4v) is 2.63. The monoisotopic (exact) mass is 295 g/mol. The van der Waals surface area contributed by atoms with Crippen LogP contribution in [0.25, 0.3) is 0 Å². The minimum Gasteiger partial charge on any atom is -0.392 e. The molecule has 0 aliphatic rings. The zero-order valence-corrected chi connectivity index (χ0v) is 11.3. The molecule has 0 unspecified atom stereocenters. The Balaban J connectivity index is 2.19. The van der Waals surface area contributed by atoms with Gasteiger partial charge in [0.25, 0.3) is 5.69 Å². The molecule has 0 aromatic heterocycles. The third kappa shape index (κ3) is 3.47. The van der Waals surface area contributed by atoms with E-state index in [0.717, 1.165) is 15.4 Å². The summed E-state index contributed by atoms with van der Waals surface area (Å²) in [4.78, 5) is 11.8. The number of aliphatic hydroxyl groups excluding tert-OH is 1. The number of hydrogen-bond acceptors (Lipinski definition) is 4. The molecule has 0 aliphatic heterocycles. The van der Waals surface area contributed by atoms with Gasteiger partial charge in [-0.05, 0) is 29.8 Å². The number of non-ortho nitro benzene ring substituents is 1. The van der Waals surface area contributed by atoms with Crippen LogP contribution in [-0.2, 0) is 6.61 Å². The summed E-state index contributed by atoms with van der Waals surface area (Å²) in [6, 6.07) is 11.6. The standard InChI is InChI=1S/C13H10ClNO3S/c14-12-7-9(8-16)1-6-13(12)19-11-4-2-10(3-5-11)15(17)18/h1-7,16H,8H2. The van der Waals surface area contributed by atoms with E-state index in [1.807, 2.05) is 6.07 Å². The summed E-state index contributed by atoms with van der Waals surface area (Å²) in [6.45, 7) is -0.0534. The van der Waals surface area contributed by atoms with Crippen molar-refractivity contribution >= 4 is 29.1 Å². The summed E-state index contributed by atoms with van der Waals surface area (Å²) >= 11 is 7.52.